The molecule has 0 saturated carbocycles. The monoisotopic (exact) mass is 263 g/mol. The van der Waals surface area contributed by atoms with Crippen molar-refractivity contribution in [3.63, 3.8) is 0 Å². The van der Waals surface area contributed by atoms with E-state index in [4.69, 9.17) is 5.26 Å². The van der Waals surface area contributed by atoms with Crippen LogP contribution in [0.15, 0.2) is 30.3 Å². The van der Waals surface area contributed by atoms with Gasteiger partial charge in [0, 0.05) is 13.1 Å². The molecule has 0 aliphatic carbocycles. The lowest BCUT2D eigenvalue weighted by atomic mass is 10.2. The van der Waals surface area contributed by atoms with Gasteiger partial charge in [0.05, 0.1) is 11.3 Å². The highest BCUT2D eigenvalue weighted by Crippen LogP contribution is 2.27. The SMILES string of the molecule is CN(c1ccccc1C#N)c1nc(F)c(F)cc1F. The van der Waals surface area contributed by atoms with Gasteiger partial charge in [-0.2, -0.15) is 14.6 Å². The Labute approximate surface area is 107 Å². The molecule has 2 rings (SSSR count). The van der Waals surface area contributed by atoms with Crippen molar-refractivity contribution in [3.8, 4) is 6.07 Å². The van der Waals surface area contributed by atoms with Crippen molar-refractivity contribution in [3.05, 3.63) is 53.5 Å². The van der Waals surface area contributed by atoms with E-state index in [9.17, 15) is 13.2 Å². The number of hydrogen-bond acceptors (Lipinski definition) is 3. The summed E-state index contributed by atoms with van der Waals surface area (Å²) in [6.07, 6.45) is 0. The minimum Gasteiger partial charge on any atom is -0.326 e. The molecule has 0 aliphatic heterocycles. The first-order valence-electron chi connectivity index (χ1n) is 5.29. The first kappa shape index (κ1) is 12.9. The molecule has 1 aromatic carbocycles. The number of halogens is 3. The van der Waals surface area contributed by atoms with E-state index in [1.807, 2.05) is 6.07 Å². The van der Waals surface area contributed by atoms with E-state index in [1.54, 1.807) is 18.2 Å². The maximum atomic E-state index is 13.6. The first-order valence-corrected chi connectivity index (χ1v) is 5.29. The Morgan fingerprint density at radius 3 is 2.53 bits per heavy atom. The van der Waals surface area contributed by atoms with Crippen LogP contribution in [0, 0.1) is 28.9 Å². The number of nitriles is 1. The summed E-state index contributed by atoms with van der Waals surface area (Å²) < 4.78 is 39.5. The molecule has 0 fully saturated rings. The number of pyridine rings is 1. The molecule has 2 aromatic rings. The molecule has 6 heteroatoms. The van der Waals surface area contributed by atoms with Gasteiger partial charge in [-0.15, -0.1) is 0 Å². The van der Waals surface area contributed by atoms with E-state index >= 15 is 0 Å². The number of para-hydroxylation sites is 1. The lowest BCUT2D eigenvalue weighted by Gasteiger charge is -2.19. The molecule has 0 N–H and O–H groups in total. The predicted molar refractivity (Wildman–Crippen MR) is 63.3 cm³/mol. The van der Waals surface area contributed by atoms with Gasteiger partial charge in [-0.1, -0.05) is 12.1 Å². The quantitative estimate of drug-likeness (QED) is 0.781. The second kappa shape index (κ2) is 4.98. The van der Waals surface area contributed by atoms with Crippen LogP contribution in [-0.2, 0) is 0 Å². The fraction of sp³-hybridized carbons (Fsp3) is 0.0769. The average molecular weight is 263 g/mol. The number of aromatic nitrogens is 1. The highest BCUT2D eigenvalue weighted by Gasteiger charge is 2.17. The third-order valence-electron chi connectivity index (χ3n) is 2.57. The van der Waals surface area contributed by atoms with Crippen molar-refractivity contribution in [2.75, 3.05) is 11.9 Å². The molecule has 19 heavy (non-hydrogen) atoms. The molecular weight excluding hydrogens is 255 g/mol. The Kier molecular flexibility index (Phi) is 3.38. The molecule has 1 aromatic heterocycles. The third-order valence-corrected chi connectivity index (χ3v) is 2.57. The lowest BCUT2D eigenvalue weighted by Crippen LogP contribution is -2.15. The van der Waals surface area contributed by atoms with Gasteiger partial charge in [0.25, 0.3) is 5.95 Å². The molecule has 96 valence electrons. The topological polar surface area (TPSA) is 39.9 Å². The summed E-state index contributed by atoms with van der Waals surface area (Å²) in [5.74, 6) is -4.14. The van der Waals surface area contributed by atoms with Gasteiger partial charge in [0.1, 0.15) is 6.07 Å². The number of rotatable bonds is 2. The number of benzene rings is 1. The standard InChI is InChI=1S/C13H8F3N3/c1-19(11-5-3-2-4-8(11)7-17)13-10(15)6-9(14)12(16)18-13/h2-6H,1H3. The van der Waals surface area contributed by atoms with Crippen LogP contribution in [0.25, 0.3) is 0 Å². The molecule has 0 atom stereocenters. The van der Waals surface area contributed by atoms with Crippen LogP contribution in [0.3, 0.4) is 0 Å². The summed E-state index contributed by atoms with van der Waals surface area (Å²) in [5, 5.41) is 8.96. The molecular formula is C13H8F3N3. The molecule has 0 radical (unpaired) electrons. The Balaban J connectivity index is 2.54. The van der Waals surface area contributed by atoms with Crippen molar-refractivity contribution in [1.82, 2.24) is 4.98 Å². The summed E-state index contributed by atoms with van der Waals surface area (Å²) in [6.45, 7) is 0. The zero-order valence-corrected chi connectivity index (χ0v) is 9.86. The Morgan fingerprint density at radius 2 is 1.84 bits per heavy atom. The minimum atomic E-state index is -1.39. The van der Waals surface area contributed by atoms with Gasteiger partial charge in [0.2, 0.25) is 0 Å². The Morgan fingerprint density at radius 1 is 1.16 bits per heavy atom. The van der Waals surface area contributed by atoms with Crippen molar-refractivity contribution in [1.29, 1.82) is 5.26 Å². The van der Waals surface area contributed by atoms with Crippen LogP contribution < -0.4 is 4.90 Å². The van der Waals surface area contributed by atoms with Crippen LogP contribution >= 0.6 is 0 Å². The third kappa shape index (κ3) is 2.36. The number of nitrogens with zero attached hydrogens (tertiary/aromatic N) is 3. The summed E-state index contributed by atoms with van der Waals surface area (Å²) in [6, 6.07) is 8.73. The van der Waals surface area contributed by atoms with Crippen LogP contribution in [0.4, 0.5) is 24.7 Å². The van der Waals surface area contributed by atoms with Crippen molar-refractivity contribution in [2.45, 2.75) is 0 Å². The molecule has 0 bridgehead atoms. The number of anilines is 2. The highest BCUT2D eigenvalue weighted by molar-refractivity contribution is 5.66. The van der Waals surface area contributed by atoms with E-state index in [0.29, 0.717) is 11.8 Å². The highest BCUT2D eigenvalue weighted by atomic mass is 19.2. The zero-order valence-electron chi connectivity index (χ0n) is 9.86. The fourth-order valence-electron chi connectivity index (χ4n) is 1.65. The van der Waals surface area contributed by atoms with Gasteiger partial charge in [0.15, 0.2) is 17.5 Å². The van der Waals surface area contributed by atoms with Crippen molar-refractivity contribution in [2.24, 2.45) is 0 Å². The summed E-state index contributed by atoms with van der Waals surface area (Å²) in [7, 11) is 1.42. The van der Waals surface area contributed by atoms with Crippen LogP contribution in [-0.4, -0.2) is 12.0 Å². The van der Waals surface area contributed by atoms with Crippen LogP contribution in [0.5, 0.6) is 0 Å². The largest absolute Gasteiger partial charge is 0.326 e. The van der Waals surface area contributed by atoms with Crippen LogP contribution in [0.1, 0.15) is 5.56 Å². The van der Waals surface area contributed by atoms with Crippen molar-refractivity contribution < 1.29 is 13.2 Å². The summed E-state index contributed by atoms with van der Waals surface area (Å²) >= 11 is 0. The van der Waals surface area contributed by atoms with E-state index in [2.05, 4.69) is 4.98 Å². The normalized spacial score (nSPS) is 10.1. The maximum Gasteiger partial charge on any atom is 0.251 e. The summed E-state index contributed by atoms with van der Waals surface area (Å²) in [5.41, 5.74) is 0.623. The van der Waals surface area contributed by atoms with Gasteiger partial charge < -0.3 is 4.90 Å². The molecule has 0 amide bonds. The van der Waals surface area contributed by atoms with Crippen molar-refractivity contribution >= 4 is 11.5 Å². The zero-order chi connectivity index (χ0) is 14.0. The predicted octanol–water partition coefficient (Wildman–Crippen LogP) is 3.14. The second-order valence-electron chi connectivity index (χ2n) is 3.75. The van der Waals surface area contributed by atoms with E-state index < -0.39 is 17.6 Å². The molecule has 3 nitrogen and oxygen atoms in total. The van der Waals surface area contributed by atoms with Gasteiger partial charge in [-0.05, 0) is 12.1 Å². The fourth-order valence-corrected chi connectivity index (χ4v) is 1.65. The average Bonchev–Trinajstić information content (AvgIpc) is 2.42. The Hall–Kier alpha value is -2.55. The van der Waals surface area contributed by atoms with E-state index in [-0.39, 0.29) is 11.4 Å². The van der Waals surface area contributed by atoms with E-state index in [1.165, 1.54) is 18.0 Å². The maximum absolute atomic E-state index is 13.6. The van der Waals surface area contributed by atoms with Gasteiger partial charge >= 0.3 is 0 Å². The van der Waals surface area contributed by atoms with Gasteiger partial charge in [-0.25, -0.2) is 8.78 Å². The summed E-state index contributed by atoms with van der Waals surface area (Å²) in [4.78, 5) is 4.41. The smallest absolute Gasteiger partial charge is 0.251 e. The van der Waals surface area contributed by atoms with Gasteiger partial charge in [-0.3, -0.25) is 0 Å². The first-order chi connectivity index (χ1) is 9.04. The molecule has 0 saturated heterocycles. The Bertz CT molecular complexity index is 665. The lowest BCUT2D eigenvalue weighted by molar-refractivity contribution is 0.465. The number of hydrogen-bond donors (Lipinski definition) is 0. The molecule has 0 spiro atoms. The van der Waals surface area contributed by atoms with Crippen LogP contribution in [0.2, 0.25) is 0 Å². The van der Waals surface area contributed by atoms with E-state index in [0.717, 1.165) is 0 Å². The molecule has 1 heterocycles. The molecule has 0 unspecified atom stereocenters. The molecule has 0 aliphatic rings. The minimum absolute atomic E-state index is 0.274. The second-order valence-corrected chi connectivity index (χ2v) is 3.75.